The summed E-state index contributed by atoms with van der Waals surface area (Å²) in [6.07, 6.45) is 2.43. The lowest BCUT2D eigenvalue weighted by molar-refractivity contribution is 0.0697. The number of carboxylic acid groups (broad SMARTS) is 1. The fraction of sp³-hybridized carbons (Fsp3) is 0.0909. The van der Waals surface area contributed by atoms with Crippen LogP contribution in [0.25, 0.3) is 0 Å². The number of pyridine rings is 1. The van der Waals surface area contributed by atoms with Crippen molar-refractivity contribution in [1.82, 2.24) is 4.98 Å². The maximum absolute atomic E-state index is 10.7. The highest BCUT2D eigenvalue weighted by molar-refractivity contribution is 7.10. The van der Waals surface area contributed by atoms with Crippen molar-refractivity contribution in [2.75, 3.05) is 0 Å². The van der Waals surface area contributed by atoms with Crippen LogP contribution in [0.5, 0.6) is 0 Å². The van der Waals surface area contributed by atoms with Gasteiger partial charge in [-0.25, -0.2) is 4.79 Å². The van der Waals surface area contributed by atoms with Crippen molar-refractivity contribution in [2.24, 2.45) is 0 Å². The van der Waals surface area contributed by atoms with Gasteiger partial charge in [-0.3, -0.25) is 4.98 Å². The largest absolute Gasteiger partial charge is 0.478 e. The van der Waals surface area contributed by atoms with E-state index in [4.69, 9.17) is 5.11 Å². The molecule has 1 N–H and O–H groups in total. The van der Waals surface area contributed by atoms with Gasteiger partial charge in [-0.05, 0) is 18.2 Å². The molecule has 2 aromatic rings. The Morgan fingerprint density at radius 3 is 2.93 bits per heavy atom. The number of aromatic carboxylic acids is 1. The summed E-state index contributed by atoms with van der Waals surface area (Å²) < 4.78 is 0. The summed E-state index contributed by atoms with van der Waals surface area (Å²) in [5.74, 6) is -0.876. The van der Waals surface area contributed by atoms with E-state index in [2.05, 4.69) is 4.98 Å². The number of nitrogens with zero attached hydrogens (tertiary/aromatic N) is 1. The van der Waals surface area contributed by atoms with E-state index in [9.17, 15) is 4.79 Å². The molecule has 0 aliphatic rings. The minimum absolute atomic E-state index is 0.353. The van der Waals surface area contributed by atoms with Crippen LogP contribution in [-0.4, -0.2) is 16.1 Å². The van der Waals surface area contributed by atoms with Gasteiger partial charge in [0.05, 0.1) is 5.56 Å². The summed E-state index contributed by atoms with van der Waals surface area (Å²) >= 11 is 1.45. The van der Waals surface area contributed by atoms with Crippen molar-refractivity contribution < 1.29 is 9.90 Å². The molecule has 15 heavy (non-hydrogen) atoms. The average molecular weight is 219 g/mol. The van der Waals surface area contributed by atoms with E-state index < -0.39 is 5.97 Å². The Morgan fingerprint density at radius 2 is 2.33 bits per heavy atom. The molecular formula is C11H9NO2S. The minimum atomic E-state index is -0.876. The second-order valence-electron chi connectivity index (χ2n) is 3.10. The smallest absolute Gasteiger partial charge is 0.336 e. The molecule has 3 nitrogen and oxygen atoms in total. The average Bonchev–Trinajstić information content (AvgIpc) is 2.68. The van der Waals surface area contributed by atoms with Crippen LogP contribution in [0.2, 0.25) is 0 Å². The normalized spacial score (nSPS) is 10.1. The maximum Gasteiger partial charge on any atom is 0.336 e. The van der Waals surface area contributed by atoms with Gasteiger partial charge in [-0.1, -0.05) is 6.07 Å². The highest BCUT2D eigenvalue weighted by Crippen LogP contribution is 2.17. The molecule has 0 amide bonds. The van der Waals surface area contributed by atoms with Gasteiger partial charge >= 0.3 is 5.97 Å². The first-order chi connectivity index (χ1) is 7.25. The quantitative estimate of drug-likeness (QED) is 0.862. The number of carbonyl (C=O) groups is 1. The molecule has 0 unspecified atom stereocenters. The molecule has 2 rings (SSSR count). The molecule has 4 heteroatoms. The molecule has 0 radical (unpaired) electrons. The molecule has 0 aromatic carbocycles. The van der Waals surface area contributed by atoms with Crippen LogP contribution >= 0.6 is 11.3 Å². The molecule has 0 bridgehead atoms. The fourth-order valence-electron chi connectivity index (χ4n) is 1.27. The monoisotopic (exact) mass is 219 g/mol. The lowest BCUT2D eigenvalue weighted by atomic mass is 10.2. The number of aromatic nitrogens is 1. The van der Waals surface area contributed by atoms with Crippen LogP contribution in [0.1, 0.15) is 20.9 Å². The molecule has 0 saturated carbocycles. The molecule has 0 atom stereocenters. The first-order valence-electron chi connectivity index (χ1n) is 4.46. The van der Waals surface area contributed by atoms with Crippen molar-refractivity contribution in [1.29, 1.82) is 0 Å². The van der Waals surface area contributed by atoms with Crippen molar-refractivity contribution in [3.05, 3.63) is 52.0 Å². The number of thiophene rings is 1. The molecule has 0 aliphatic heterocycles. The topological polar surface area (TPSA) is 50.2 Å². The van der Waals surface area contributed by atoms with Crippen molar-refractivity contribution in [2.45, 2.75) is 6.42 Å². The van der Waals surface area contributed by atoms with Crippen LogP contribution in [0, 0.1) is 0 Å². The summed E-state index contributed by atoms with van der Waals surface area (Å²) in [7, 11) is 0. The first-order valence-corrected chi connectivity index (χ1v) is 5.34. The van der Waals surface area contributed by atoms with Crippen LogP contribution in [0.3, 0.4) is 0 Å². The fourth-order valence-corrected chi connectivity index (χ4v) is 2.14. The van der Waals surface area contributed by atoms with Gasteiger partial charge in [-0.15, -0.1) is 11.3 Å². The van der Waals surface area contributed by atoms with E-state index in [1.54, 1.807) is 17.6 Å². The van der Waals surface area contributed by atoms with Gasteiger partial charge < -0.3 is 5.11 Å². The Labute approximate surface area is 91.0 Å². The Bertz CT molecular complexity index is 464. The molecule has 2 heterocycles. The van der Waals surface area contributed by atoms with E-state index in [0.717, 1.165) is 10.6 Å². The maximum atomic E-state index is 10.7. The summed E-state index contributed by atoms with van der Waals surface area (Å²) in [6, 6.07) is 7.41. The summed E-state index contributed by atoms with van der Waals surface area (Å²) in [4.78, 5) is 15.9. The Kier molecular flexibility index (Phi) is 2.78. The van der Waals surface area contributed by atoms with Crippen LogP contribution < -0.4 is 0 Å². The summed E-state index contributed by atoms with van der Waals surface area (Å²) in [6.45, 7) is 0. The molecule has 76 valence electrons. The van der Waals surface area contributed by atoms with E-state index in [1.165, 1.54) is 11.3 Å². The Hall–Kier alpha value is -1.68. The third-order valence-electron chi connectivity index (χ3n) is 1.98. The number of rotatable bonds is 3. The number of hydrogen-bond donors (Lipinski definition) is 1. The van der Waals surface area contributed by atoms with Crippen molar-refractivity contribution in [3.63, 3.8) is 0 Å². The van der Waals surface area contributed by atoms with Crippen LogP contribution in [0.15, 0.2) is 35.8 Å². The van der Waals surface area contributed by atoms with Crippen LogP contribution in [-0.2, 0) is 6.42 Å². The third-order valence-corrected chi connectivity index (χ3v) is 2.92. The highest BCUT2D eigenvalue weighted by Gasteiger charge is 2.06. The second-order valence-corrected chi connectivity index (χ2v) is 4.10. The number of carboxylic acids is 1. The van der Waals surface area contributed by atoms with Gasteiger partial charge in [0.1, 0.15) is 0 Å². The summed E-state index contributed by atoms with van der Waals surface area (Å²) in [5.41, 5.74) is 1.31. The molecular weight excluding hydrogens is 210 g/mol. The van der Waals surface area contributed by atoms with E-state index in [-0.39, 0.29) is 0 Å². The SMILES string of the molecule is O=C(O)c1csc(Cc2ccccn2)c1. The van der Waals surface area contributed by atoms with Crippen LogP contribution in [0.4, 0.5) is 0 Å². The van der Waals surface area contributed by atoms with Gasteiger partial charge in [-0.2, -0.15) is 0 Å². The molecule has 0 aliphatic carbocycles. The van der Waals surface area contributed by atoms with Gasteiger partial charge in [0.15, 0.2) is 0 Å². The highest BCUT2D eigenvalue weighted by atomic mass is 32.1. The molecule has 0 spiro atoms. The van der Waals surface area contributed by atoms with E-state index in [0.29, 0.717) is 12.0 Å². The van der Waals surface area contributed by atoms with E-state index in [1.807, 2.05) is 18.2 Å². The predicted molar refractivity (Wildman–Crippen MR) is 58.3 cm³/mol. The van der Waals surface area contributed by atoms with Crippen molar-refractivity contribution >= 4 is 17.3 Å². The first kappa shape index (κ1) is 9.86. The number of hydrogen-bond acceptors (Lipinski definition) is 3. The zero-order valence-electron chi connectivity index (χ0n) is 7.88. The minimum Gasteiger partial charge on any atom is -0.478 e. The zero-order valence-corrected chi connectivity index (χ0v) is 8.70. The van der Waals surface area contributed by atoms with E-state index >= 15 is 0 Å². The predicted octanol–water partition coefficient (Wildman–Crippen LogP) is 2.43. The Morgan fingerprint density at radius 1 is 1.47 bits per heavy atom. The van der Waals surface area contributed by atoms with Gasteiger partial charge in [0, 0.05) is 28.6 Å². The van der Waals surface area contributed by atoms with Gasteiger partial charge in [0.25, 0.3) is 0 Å². The Balaban J connectivity index is 2.15. The molecule has 0 saturated heterocycles. The summed E-state index contributed by atoms with van der Waals surface area (Å²) in [5, 5.41) is 10.4. The zero-order chi connectivity index (χ0) is 10.7. The lowest BCUT2D eigenvalue weighted by Gasteiger charge is -1.95. The second kappa shape index (κ2) is 4.23. The lowest BCUT2D eigenvalue weighted by Crippen LogP contribution is -1.92. The van der Waals surface area contributed by atoms with Gasteiger partial charge in [0.2, 0.25) is 0 Å². The molecule has 2 aromatic heterocycles. The third kappa shape index (κ3) is 2.41. The van der Waals surface area contributed by atoms with Crippen molar-refractivity contribution in [3.8, 4) is 0 Å². The molecule has 0 fully saturated rings. The standard InChI is InChI=1S/C11H9NO2S/c13-11(14)8-5-10(15-7-8)6-9-3-1-2-4-12-9/h1-5,7H,6H2,(H,13,14).